The summed E-state index contributed by atoms with van der Waals surface area (Å²) in [6.07, 6.45) is 0.357. The predicted molar refractivity (Wildman–Crippen MR) is 75.5 cm³/mol. The number of thiophene rings is 1. The Hall–Kier alpha value is -1.64. The Morgan fingerprint density at radius 3 is 2.89 bits per heavy atom. The first-order chi connectivity index (χ1) is 8.69. The Kier molecular flexibility index (Phi) is 4.13. The van der Waals surface area contributed by atoms with E-state index in [9.17, 15) is 4.79 Å². The highest BCUT2D eigenvalue weighted by molar-refractivity contribution is 9.10. The monoisotopic (exact) mass is 320 g/mol. The molecule has 0 saturated carbocycles. The number of nitriles is 1. The first-order valence-corrected chi connectivity index (χ1v) is 6.93. The van der Waals surface area contributed by atoms with Gasteiger partial charge in [-0.3, -0.25) is 4.79 Å². The third kappa shape index (κ3) is 3.19. The van der Waals surface area contributed by atoms with Gasteiger partial charge in [0.25, 0.3) is 0 Å². The second-order valence-corrected chi connectivity index (χ2v) is 5.30. The molecule has 0 aliphatic carbocycles. The minimum atomic E-state index is -0.0705. The molecule has 1 heterocycles. The van der Waals surface area contributed by atoms with Gasteiger partial charge in [-0.15, -0.1) is 0 Å². The molecular formula is C13H9BrN2OS. The second kappa shape index (κ2) is 5.80. The van der Waals surface area contributed by atoms with Crippen LogP contribution in [0.5, 0.6) is 0 Å². The van der Waals surface area contributed by atoms with E-state index < -0.39 is 0 Å². The molecule has 0 fully saturated rings. The molecule has 0 atom stereocenters. The number of carbonyl (C=O) groups excluding carboxylic acids is 1. The third-order valence-corrected chi connectivity index (χ3v) is 3.71. The van der Waals surface area contributed by atoms with Crippen LogP contribution >= 0.6 is 27.3 Å². The van der Waals surface area contributed by atoms with E-state index in [1.807, 2.05) is 22.9 Å². The van der Waals surface area contributed by atoms with Crippen molar-refractivity contribution >= 4 is 38.9 Å². The van der Waals surface area contributed by atoms with Crippen LogP contribution < -0.4 is 5.32 Å². The van der Waals surface area contributed by atoms with Crippen molar-refractivity contribution in [2.75, 3.05) is 5.32 Å². The summed E-state index contributed by atoms with van der Waals surface area (Å²) in [5.41, 5.74) is 2.23. The number of hydrogen-bond donors (Lipinski definition) is 1. The summed E-state index contributed by atoms with van der Waals surface area (Å²) in [5, 5.41) is 15.5. The molecule has 2 aromatic rings. The van der Waals surface area contributed by atoms with Crippen molar-refractivity contribution < 1.29 is 4.79 Å². The van der Waals surface area contributed by atoms with Gasteiger partial charge in [-0.2, -0.15) is 16.6 Å². The van der Waals surface area contributed by atoms with Gasteiger partial charge in [-0.25, -0.2) is 0 Å². The van der Waals surface area contributed by atoms with Crippen molar-refractivity contribution in [1.82, 2.24) is 0 Å². The molecule has 0 aliphatic rings. The molecule has 0 unspecified atom stereocenters. The lowest BCUT2D eigenvalue weighted by atomic mass is 10.2. The van der Waals surface area contributed by atoms with E-state index in [0.717, 1.165) is 5.56 Å². The van der Waals surface area contributed by atoms with Crippen molar-refractivity contribution in [1.29, 1.82) is 5.26 Å². The molecule has 0 spiro atoms. The summed E-state index contributed by atoms with van der Waals surface area (Å²) in [6, 6.07) is 9.04. The van der Waals surface area contributed by atoms with E-state index in [1.54, 1.807) is 29.5 Å². The van der Waals surface area contributed by atoms with Crippen LogP contribution in [0.25, 0.3) is 0 Å². The van der Waals surface area contributed by atoms with Crippen molar-refractivity contribution in [3.05, 3.63) is 50.6 Å². The first-order valence-electron chi connectivity index (χ1n) is 5.19. The Morgan fingerprint density at radius 1 is 1.44 bits per heavy atom. The number of anilines is 1. The predicted octanol–water partition coefficient (Wildman–Crippen LogP) is 3.56. The number of hydrogen-bond acceptors (Lipinski definition) is 3. The molecule has 1 aromatic heterocycles. The van der Waals surface area contributed by atoms with E-state index in [2.05, 4.69) is 21.2 Å². The molecule has 90 valence electrons. The van der Waals surface area contributed by atoms with Gasteiger partial charge < -0.3 is 5.32 Å². The van der Waals surface area contributed by atoms with Gasteiger partial charge in [0.05, 0.1) is 23.7 Å². The van der Waals surface area contributed by atoms with Gasteiger partial charge in [-0.1, -0.05) is 0 Å². The molecular weight excluding hydrogens is 312 g/mol. The number of rotatable bonds is 3. The fourth-order valence-electron chi connectivity index (χ4n) is 1.46. The van der Waals surface area contributed by atoms with E-state index >= 15 is 0 Å². The van der Waals surface area contributed by atoms with Gasteiger partial charge >= 0.3 is 0 Å². The highest BCUT2D eigenvalue weighted by atomic mass is 79.9. The van der Waals surface area contributed by atoms with Gasteiger partial charge in [-0.05, 0) is 56.5 Å². The maximum absolute atomic E-state index is 11.8. The number of amides is 1. The summed E-state index contributed by atoms with van der Waals surface area (Å²) in [5.74, 6) is -0.0705. The van der Waals surface area contributed by atoms with Crippen LogP contribution in [0.2, 0.25) is 0 Å². The maximum atomic E-state index is 11.8. The van der Waals surface area contributed by atoms with Crippen LogP contribution in [0.1, 0.15) is 11.1 Å². The van der Waals surface area contributed by atoms with E-state index in [1.165, 1.54) is 0 Å². The standard InChI is InChI=1S/C13H9BrN2OS/c14-11-5-9(7-15)1-2-12(11)16-13(17)6-10-3-4-18-8-10/h1-5,8H,6H2,(H,16,17). The van der Waals surface area contributed by atoms with Crippen LogP contribution in [-0.2, 0) is 11.2 Å². The molecule has 0 radical (unpaired) electrons. The zero-order chi connectivity index (χ0) is 13.0. The Balaban J connectivity index is 2.05. The summed E-state index contributed by atoms with van der Waals surface area (Å²) in [4.78, 5) is 11.8. The lowest BCUT2D eigenvalue weighted by Gasteiger charge is -2.06. The van der Waals surface area contributed by atoms with E-state index in [-0.39, 0.29) is 5.91 Å². The van der Waals surface area contributed by atoms with Crippen LogP contribution in [-0.4, -0.2) is 5.91 Å². The average molecular weight is 321 g/mol. The number of halogens is 1. The normalized spacial score (nSPS) is 9.78. The van der Waals surface area contributed by atoms with Gasteiger partial charge in [0.1, 0.15) is 0 Å². The lowest BCUT2D eigenvalue weighted by molar-refractivity contribution is -0.115. The van der Waals surface area contributed by atoms with Gasteiger partial charge in [0, 0.05) is 4.47 Å². The summed E-state index contributed by atoms with van der Waals surface area (Å²) in [7, 11) is 0. The number of benzene rings is 1. The molecule has 0 aliphatic heterocycles. The van der Waals surface area contributed by atoms with Crippen LogP contribution in [0, 0.1) is 11.3 Å². The molecule has 2 rings (SSSR count). The van der Waals surface area contributed by atoms with E-state index in [0.29, 0.717) is 22.1 Å². The van der Waals surface area contributed by atoms with Gasteiger partial charge in [0.15, 0.2) is 0 Å². The lowest BCUT2D eigenvalue weighted by Crippen LogP contribution is -2.14. The second-order valence-electron chi connectivity index (χ2n) is 3.66. The smallest absolute Gasteiger partial charge is 0.228 e. The maximum Gasteiger partial charge on any atom is 0.228 e. The minimum absolute atomic E-state index is 0.0705. The summed E-state index contributed by atoms with van der Waals surface area (Å²) >= 11 is 4.90. The highest BCUT2D eigenvalue weighted by Gasteiger charge is 2.07. The SMILES string of the molecule is N#Cc1ccc(NC(=O)Cc2ccsc2)c(Br)c1. The average Bonchev–Trinajstić information content (AvgIpc) is 2.84. The molecule has 1 amide bonds. The number of carbonyl (C=O) groups is 1. The van der Waals surface area contributed by atoms with Crippen LogP contribution in [0.15, 0.2) is 39.5 Å². The largest absolute Gasteiger partial charge is 0.325 e. The van der Waals surface area contributed by atoms with Gasteiger partial charge in [0.2, 0.25) is 5.91 Å². The first kappa shape index (κ1) is 12.8. The summed E-state index contributed by atoms with van der Waals surface area (Å²) < 4.78 is 0.709. The molecule has 3 nitrogen and oxygen atoms in total. The fraction of sp³-hybridized carbons (Fsp3) is 0.0769. The van der Waals surface area contributed by atoms with Crippen molar-refractivity contribution in [2.45, 2.75) is 6.42 Å². The molecule has 0 saturated heterocycles. The zero-order valence-corrected chi connectivity index (χ0v) is 11.7. The summed E-state index contributed by atoms with van der Waals surface area (Å²) in [6.45, 7) is 0. The molecule has 1 aromatic carbocycles. The molecule has 0 bridgehead atoms. The fourth-order valence-corrected chi connectivity index (χ4v) is 2.61. The minimum Gasteiger partial charge on any atom is -0.325 e. The van der Waals surface area contributed by atoms with Crippen molar-refractivity contribution in [3.63, 3.8) is 0 Å². The van der Waals surface area contributed by atoms with Crippen LogP contribution in [0.3, 0.4) is 0 Å². The van der Waals surface area contributed by atoms with Crippen molar-refractivity contribution in [3.8, 4) is 6.07 Å². The number of nitrogens with zero attached hydrogens (tertiary/aromatic N) is 1. The van der Waals surface area contributed by atoms with E-state index in [4.69, 9.17) is 5.26 Å². The van der Waals surface area contributed by atoms with Crippen LogP contribution in [0.4, 0.5) is 5.69 Å². The van der Waals surface area contributed by atoms with Crippen molar-refractivity contribution in [2.24, 2.45) is 0 Å². The Morgan fingerprint density at radius 2 is 2.28 bits per heavy atom. The number of nitrogens with one attached hydrogen (secondary N) is 1. The quantitative estimate of drug-likeness (QED) is 0.940. The molecule has 1 N–H and O–H groups in total. The Bertz CT molecular complexity index is 602. The molecule has 18 heavy (non-hydrogen) atoms. The Labute approximate surface area is 117 Å². The topological polar surface area (TPSA) is 52.9 Å². The highest BCUT2D eigenvalue weighted by Crippen LogP contribution is 2.23. The zero-order valence-electron chi connectivity index (χ0n) is 9.31. The molecule has 5 heteroatoms. The third-order valence-electron chi connectivity index (χ3n) is 2.32.